The molecule has 200 valence electrons. The lowest BCUT2D eigenvalue weighted by atomic mass is 9.90. The average Bonchev–Trinajstić information content (AvgIpc) is 3.37. The third kappa shape index (κ3) is 5.25. The molecule has 0 atom stereocenters. The Morgan fingerprint density at radius 1 is 0.923 bits per heavy atom. The third-order valence-electron chi connectivity index (χ3n) is 7.79. The number of hydrogen-bond donors (Lipinski definition) is 1. The second kappa shape index (κ2) is 10.9. The van der Waals surface area contributed by atoms with E-state index in [2.05, 4.69) is 33.1 Å². The van der Waals surface area contributed by atoms with Crippen LogP contribution in [0.1, 0.15) is 40.4 Å². The van der Waals surface area contributed by atoms with Gasteiger partial charge in [-0.25, -0.2) is 4.98 Å². The van der Waals surface area contributed by atoms with Gasteiger partial charge in [-0.15, -0.1) is 0 Å². The monoisotopic (exact) mass is 523 g/mol. The number of benzene rings is 1. The molecular formula is C31H33N5O3. The maximum absolute atomic E-state index is 13.5. The molecule has 0 unspecified atom stereocenters. The summed E-state index contributed by atoms with van der Waals surface area (Å²) in [5.74, 6) is 0.0757. The van der Waals surface area contributed by atoms with Gasteiger partial charge in [0.1, 0.15) is 11.5 Å². The van der Waals surface area contributed by atoms with E-state index < -0.39 is 11.7 Å². The summed E-state index contributed by atoms with van der Waals surface area (Å²) in [6.07, 6.45) is 5.40. The van der Waals surface area contributed by atoms with E-state index in [1.54, 1.807) is 0 Å². The first-order valence-corrected chi connectivity index (χ1v) is 13.6. The second-order valence-corrected chi connectivity index (χ2v) is 10.3. The molecular weight excluding hydrogens is 490 g/mol. The smallest absolute Gasteiger partial charge is 0.298 e. The lowest BCUT2D eigenvalue weighted by Gasteiger charge is -2.36. The van der Waals surface area contributed by atoms with Gasteiger partial charge >= 0.3 is 0 Å². The van der Waals surface area contributed by atoms with Gasteiger partial charge in [-0.1, -0.05) is 6.07 Å². The summed E-state index contributed by atoms with van der Waals surface area (Å²) in [5, 5.41) is 2.83. The molecule has 39 heavy (non-hydrogen) atoms. The molecule has 1 N–H and O–H groups in total. The predicted octanol–water partition coefficient (Wildman–Crippen LogP) is 4.68. The Hall–Kier alpha value is -4.17. The molecule has 2 saturated heterocycles. The van der Waals surface area contributed by atoms with E-state index in [0.717, 1.165) is 61.6 Å². The van der Waals surface area contributed by atoms with E-state index >= 15 is 0 Å². The molecule has 2 fully saturated rings. The van der Waals surface area contributed by atoms with E-state index in [0.29, 0.717) is 24.6 Å². The van der Waals surface area contributed by atoms with Gasteiger partial charge in [0, 0.05) is 68.7 Å². The van der Waals surface area contributed by atoms with Crippen LogP contribution in [0, 0.1) is 6.92 Å². The Bertz CT molecular complexity index is 1480. The highest BCUT2D eigenvalue weighted by molar-refractivity contribution is 6.46. The van der Waals surface area contributed by atoms with Crippen molar-refractivity contribution in [3.8, 4) is 0 Å². The summed E-state index contributed by atoms with van der Waals surface area (Å²) in [5.41, 5.74) is 5.21. The predicted molar refractivity (Wildman–Crippen MR) is 153 cm³/mol. The van der Waals surface area contributed by atoms with Crippen LogP contribution in [-0.4, -0.2) is 60.5 Å². The summed E-state index contributed by atoms with van der Waals surface area (Å²) in [6.45, 7) is 6.98. The SMILES string of the molecule is Cc1ccnc(N2CCN(c3ccc(NC(=O)C(=O)c4c(C5CCOCC5)cc5ccccn45)cc3)CC2)c1. The van der Waals surface area contributed by atoms with Gasteiger partial charge in [-0.05, 0) is 91.4 Å². The van der Waals surface area contributed by atoms with Crippen molar-refractivity contribution in [2.75, 3.05) is 54.5 Å². The van der Waals surface area contributed by atoms with E-state index in [-0.39, 0.29) is 5.92 Å². The van der Waals surface area contributed by atoms with Crippen molar-refractivity contribution in [2.24, 2.45) is 0 Å². The molecule has 2 aliphatic rings. The van der Waals surface area contributed by atoms with Gasteiger partial charge in [0.05, 0.1) is 0 Å². The minimum absolute atomic E-state index is 0.201. The number of anilines is 3. The largest absolute Gasteiger partial charge is 0.381 e. The number of amides is 1. The zero-order valence-corrected chi connectivity index (χ0v) is 22.2. The van der Waals surface area contributed by atoms with Gasteiger partial charge in [0.25, 0.3) is 11.7 Å². The summed E-state index contributed by atoms with van der Waals surface area (Å²) in [4.78, 5) is 35.8. The van der Waals surface area contributed by atoms with E-state index in [1.807, 2.05) is 71.4 Å². The highest BCUT2D eigenvalue weighted by Gasteiger charge is 2.29. The molecule has 3 aromatic heterocycles. The third-order valence-corrected chi connectivity index (χ3v) is 7.79. The fraction of sp³-hybridized carbons (Fsp3) is 0.323. The number of hydrogen-bond acceptors (Lipinski definition) is 6. The molecule has 0 aliphatic carbocycles. The van der Waals surface area contributed by atoms with Gasteiger partial charge in [0.15, 0.2) is 0 Å². The maximum atomic E-state index is 13.5. The van der Waals surface area contributed by atoms with Crippen LogP contribution in [0.5, 0.6) is 0 Å². The van der Waals surface area contributed by atoms with Crippen LogP contribution in [0.4, 0.5) is 17.2 Å². The van der Waals surface area contributed by atoms with Crippen molar-refractivity contribution in [3.05, 3.63) is 89.9 Å². The molecule has 2 aliphatic heterocycles. The normalized spacial score (nSPS) is 16.4. The number of pyridine rings is 2. The minimum atomic E-state index is -0.626. The number of ether oxygens (including phenoxy) is 1. The Balaban J connectivity index is 1.13. The van der Waals surface area contributed by atoms with Gasteiger partial charge in [0.2, 0.25) is 0 Å². The number of carbonyl (C=O) groups is 2. The lowest BCUT2D eigenvalue weighted by molar-refractivity contribution is -0.112. The highest BCUT2D eigenvalue weighted by atomic mass is 16.5. The van der Waals surface area contributed by atoms with Crippen molar-refractivity contribution in [1.29, 1.82) is 0 Å². The van der Waals surface area contributed by atoms with Crippen LogP contribution in [0.25, 0.3) is 5.52 Å². The van der Waals surface area contributed by atoms with Crippen LogP contribution in [-0.2, 0) is 9.53 Å². The molecule has 8 heteroatoms. The van der Waals surface area contributed by atoms with Crippen molar-refractivity contribution < 1.29 is 14.3 Å². The topological polar surface area (TPSA) is 79.2 Å². The first-order valence-electron chi connectivity index (χ1n) is 13.6. The molecule has 0 spiro atoms. The molecule has 1 amide bonds. The van der Waals surface area contributed by atoms with E-state index in [9.17, 15) is 9.59 Å². The number of aromatic nitrogens is 2. The van der Waals surface area contributed by atoms with Crippen molar-refractivity contribution in [1.82, 2.24) is 9.38 Å². The van der Waals surface area contributed by atoms with Crippen LogP contribution in [0.15, 0.2) is 73.1 Å². The zero-order chi connectivity index (χ0) is 26.8. The van der Waals surface area contributed by atoms with Crippen LogP contribution in [0.2, 0.25) is 0 Å². The number of fused-ring (bicyclic) bond motifs is 1. The van der Waals surface area contributed by atoms with E-state index in [1.165, 1.54) is 5.56 Å². The van der Waals surface area contributed by atoms with Crippen LogP contribution >= 0.6 is 0 Å². The molecule has 0 saturated carbocycles. The van der Waals surface area contributed by atoms with E-state index in [4.69, 9.17) is 4.74 Å². The number of rotatable bonds is 6. The molecule has 8 nitrogen and oxygen atoms in total. The number of ketones is 1. The van der Waals surface area contributed by atoms with Gasteiger partial charge < -0.3 is 24.3 Å². The number of nitrogens with zero attached hydrogens (tertiary/aromatic N) is 4. The van der Waals surface area contributed by atoms with Crippen molar-refractivity contribution >= 4 is 34.4 Å². The Kier molecular flexibility index (Phi) is 7.02. The molecule has 1 aromatic carbocycles. The van der Waals surface area contributed by atoms with Crippen LogP contribution in [0.3, 0.4) is 0 Å². The number of Topliss-reactive ketones (excluding diaryl/α,β-unsaturated/α-hetero) is 1. The molecule has 6 rings (SSSR count). The first-order chi connectivity index (χ1) is 19.1. The Morgan fingerprint density at radius 2 is 1.67 bits per heavy atom. The molecule has 0 bridgehead atoms. The lowest BCUT2D eigenvalue weighted by Crippen LogP contribution is -2.46. The number of piperazine rings is 1. The van der Waals surface area contributed by atoms with Crippen molar-refractivity contribution in [3.63, 3.8) is 0 Å². The Morgan fingerprint density at radius 3 is 2.41 bits per heavy atom. The fourth-order valence-corrected chi connectivity index (χ4v) is 5.64. The van der Waals surface area contributed by atoms with Crippen LogP contribution < -0.4 is 15.1 Å². The summed E-state index contributed by atoms with van der Waals surface area (Å²) in [7, 11) is 0. The number of carbonyl (C=O) groups excluding carboxylic acids is 2. The highest BCUT2D eigenvalue weighted by Crippen LogP contribution is 2.32. The summed E-state index contributed by atoms with van der Waals surface area (Å²) < 4.78 is 7.36. The standard InChI is InChI=1S/C31H33N5O3/c1-22-9-12-32-28(20-22)35-16-14-34(15-17-35)25-7-5-24(6-8-25)33-31(38)30(37)29-27(23-10-18-39-19-11-23)21-26-4-2-3-13-36(26)29/h2-9,12-13,20-21,23H,10-11,14-19H2,1H3,(H,33,38). The number of aryl methyl sites for hydroxylation is 1. The summed E-state index contributed by atoms with van der Waals surface area (Å²) >= 11 is 0. The molecule has 5 heterocycles. The quantitative estimate of drug-likeness (QED) is 0.292. The second-order valence-electron chi connectivity index (χ2n) is 10.3. The molecule has 0 radical (unpaired) electrons. The minimum Gasteiger partial charge on any atom is -0.381 e. The first kappa shape index (κ1) is 25.1. The van der Waals surface area contributed by atoms with Crippen molar-refractivity contribution in [2.45, 2.75) is 25.7 Å². The number of nitrogens with one attached hydrogen (secondary N) is 1. The molecule has 4 aromatic rings. The fourth-order valence-electron chi connectivity index (χ4n) is 5.64. The average molecular weight is 524 g/mol. The zero-order valence-electron chi connectivity index (χ0n) is 22.2. The maximum Gasteiger partial charge on any atom is 0.298 e. The van der Waals surface area contributed by atoms with Gasteiger partial charge in [-0.3, -0.25) is 9.59 Å². The summed E-state index contributed by atoms with van der Waals surface area (Å²) in [6, 6.07) is 19.7. The Labute approximate surface area is 228 Å². The van der Waals surface area contributed by atoms with Gasteiger partial charge in [-0.2, -0.15) is 0 Å².